The Bertz CT molecular complexity index is 1010. The molecule has 1 aromatic rings. The summed E-state index contributed by atoms with van der Waals surface area (Å²) in [4.78, 5) is 0. The molecule has 0 aromatic heterocycles. The van der Waals surface area contributed by atoms with E-state index in [0.29, 0.717) is 0 Å². The molecule has 0 heterocycles. The first kappa shape index (κ1) is 20.4. The van der Waals surface area contributed by atoms with Crippen molar-refractivity contribution >= 4 is 20.9 Å². The molecule has 0 fully saturated rings. The van der Waals surface area contributed by atoms with Crippen molar-refractivity contribution in [1.29, 1.82) is 0 Å². The zero-order valence-corrected chi connectivity index (χ0v) is 22.4. The van der Waals surface area contributed by atoms with Crippen LogP contribution in [-0.4, -0.2) is 3.76 Å². The second-order valence-corrected chi connectivity index (χ2v) is 55.1. The van der Waals surface area contributed by atoms with Gasteiger partial charge in [-0.15, -0.1) is 0 Å². The van der Waals surface area contributed by atoms with Crippen molar-refractivity contribution in [2.75, 3.05) is 0 Å². The van der Waals surface area contributed by atoms with Crippen molar-refractivity contribution in [3.05, 3.63) is 82.5 Å². The van der Waals surface area contributed by atoms with Gasteiger partial charge in [-0.3, -0.25) is 0 Å². The molecule has 2 unspecified atom stereocenters. The second-order valence-electron chi connectivity index (χ2n) is 10.2. The van der Waals surface area contributed by atoms with Gasteiger partial charge in [0, 0.05) is 0 Å². The third kappa shape index (κ3) is 3.22. The molecule has 29 heavy (non-hydrogen) atoms. The molecule has 5 rings (SSSR count). The van der Waals surface area contributed by atoms with Gasteiger partial charge in [0.25, 0.3) is 0 Å². The maximum atomic E-state index is 8.19. The van der Waals surface area contributed by atoms with E-state index in [1.165, 1.54) is 55.2 Å². The summed E-state index contributed by atoms with van der Waals surface area (Å²) in [5.41, 5.74) is 7.32. The first-order valence-electron chi connectivity index (χ1n) is 11.3. The molecular formula is C26H31Cl2Hf. The van der Waals surface area contributed by atoms with Crippen LogP contribution < -0.4 is 0 Å². The van der Waals surface area contributed by atoms with Gasteiger partial charge in [-0.2, -0.15) is 0 Å². The minimum absolute atomic E-state index is 0.187. The molecule has 0 amide bonds. The van der Waals surface area contributed by atoms with Crippen LogP contribution in [0.3, 0.4) is 0 Å². The van der Waals surface area contributed by atoms with Crippen molar-refractivity contribution in [2.45, 2.75) is 63.4 Å². The van der Waals surface area contributed by atoms with E-state index in [1.807, 2.05) is 0 Å². The summed E-state index contributed by atoms with van der Waals surface area (Å²) < 4.78 is 5.08. The molecule has 0 spiro atoms. The number of rotatable bonds is 3. The van der Waals surface area contributed by atoms with Gasteiger partial charge in [-0.25, -0.2) is 0 Å². The third-order valence-corrected chi connectivity index (χ3v) is 38.6. The van der Waals surface area contributed by atoms with Crippen LogP contribution in [0.15, 0.2) is 76.9 Å². The van der Waals surface area contributed by atoms with Crippen LogP contribution in [-0.2, 0) is 14.2 Å². The van der Waals surface area contributed by atoms with Gasteiger partial charge in [-0.05, 0) is 0 Å². The standard InChI is InChI=1S/2C9H11.C7H6.CH3.2ClH.Hf/c2*1-2-5-9-7-3-6-8(9)4-1;1-7-5-3-2-4-6-7;;;;/h2*3,6-7H,1-2,4-5H2;1-6H;1H3;2*1H;/q;;;;;;+2/p-2. The summed E-state index contributed by atoms with van der Waals surface area (Å²) in [6.45, 7) is 0. The predicted molar refractivity (Wildman–Crippen MR) is 126 cm³/mol. The first-order chi connectivity index (χ1) is 13.8. The molecule has 4 aliphatic carbocycles. The minimum atomic E-state index is -5.22. The van der Waals surface area contributed by atoms with Crippen LogP contribution in [0.25, 0.3) is 0 Å². The van der Waals surface area contributed by atoms with E-state index < -0.39 is 14.2 Å². The Hall–Kier alpha value is -0.500. The molecule has 0 radical (unpaired) electrons. The fraction of sp³-hybridized carbons (Fsp3) is 0.423. The van der Waals surface area contributed by atoms with E-state index in [1.54, 1.807) is 11.1 Å². The summed E-state index contributed by atoms with van der Waals surface area (Å²) in [5, 5.41) is 0. The quantitative estimate of drug-likeness (QED) is 0.308. The summed E-state index contributed by atoms with van der Waals surface area (Å²) in [7, 11) is 16.4. The van der Waals surface area contributed by atoms with Crippen LogP contribution in [0.5, 0.6) is 0 Å². The Morgan fingerprint density at radius 3 is 1.76 bits per heavy atom. The van der Waals surface area contributed by atoms with Gasteiger partial charge < -0.3 is 0 Å². The number of benzene rings is 1. The second kappa shape index (κ2) is 6.75. The molecule has 4 aliphatic rings. The van der Waals surface area contributed by atoms with Crippen molar-refractivity contribution in [3.63, 3.8) is 0 Å². The zero-order valence-electron chi connectivity index (χ0n) is 17.3. The Labute approximate surface area is 179 Å². The SMILES string of the molecule is [CH3][Hf]([Cl])([Cl])(=[CH]c1ccccc1)([CH]1C=CC2=C1CCCC2)[CH]1C=CC2=C1CCCC2. The average molecular weight is 593 g/mol. The molecule has 2 atom stereocenters. The van der Waals surface area contributed by atoms with E-state index in [2.05, 4.69) is 63.1 Å². The Morgan fingerprint density at radius 1 is 0.759 bits per heavy atom. The van der Waals surface area contributed by atoms with Crippen molar-refractivity contribution in [1.82, 2.24) is 0 Å². The molecule has 0 nitrogen and oxygen atoms in total. The van der Waals surface area contributed by atoms with Gasteiger partial charge >= 0.3 is 181 Å². The summed E-state index contributed by atoms with van der Waals surface area (Å²) in [6.07, 6.45) is 19.3. The third-order valence-electron chi connectivity index (χ3n) is 8.04. The summed E-state index contributed by atoms with van der Waals surface area (Å²) in [6, 6.07) is 10.6. The molecule has 1 aromatic carbocycles. The monoisotopic (exact) mass is 593 g/mol. The fourth-order valence-electron chi connectivity index (χ4n) is 6.63. The van der Waals surface area contributed by atoms with Crippen molar-refractivity contribution in [2.24, 2.45) is 0 Å². The molecule has 0 saturated carbocycles. The van der Waals surface area contributed by atoms with Crippen LogP contribution >= 0.6 is 17.2 Å². The summed E-state index contributed by atoms with van der Waals surface area (Å²) >= 11 is -5.22. The van der Waals surface area contributed by atoms with Crippen LogP contribution in [0, 0.1) is 0 Å². The topological polar surface area (TPSA) is 0 Å². The molecule has 0 bridgehead atoms. The Kier molecular flexibility index (Phi) is 4.75. The fourth-order valence-corrected chi connectivity index (χ4v) is 36.6. The van der Waals surface area contributed by atoms with Gasteiger partial charge in [0.1, 0.15) is 0 Å². The molecule has 153 valence electrons. The van der Waals surface area contributed by atoms with Crippen molar-refractivity contribution < 1.29 is 14.2 Å². The van der Waals surface area contributed by atoms with Gasteiger partial charge in [0.15, 0.2) is 0 Å². The van der Waals surface area contributed by atoms with E-state index in [9.17, 15) is 0 Å². The number of allylic oxidation sites excluding steroid dienone is 8. The van der Waals surface area contributed by atoms with Crippen LogP contribution in [0.4, 0.5) is 0 Å². The molecule has 0 saturated heterocycles. The molecule has 3 heteroatoms. The van der Waals surface area contributed by atoms with E-state index in [-0.39, 0.29) is 7.35 Å². The van der Waals surface area contributed by atoms with Gasteiger partial charge in [-0.1, -0.05) is 0 Å². The normalized spacial score (nSPS) is 28.8. The van der Waals surface area contributed by atoms with E-state index in [0.717, 1.165) is 12.8 Å². The maximum absolute atomic E-state index is 8.19. The molecule has 0 aliphatic heterocycles. The Balaban J connectivity index is 1.78. The predicted octanol–water partition coefficient (Wildman–Crippen LogP) is 8.88. The number of hydrogen-bond acceptors (Lipinski definition) is 0. The van der Waals surface area contributed by atoms with E-state index in [4.69, 9.17) is 17.2 Å². The first-order valence-corrected chi connectivity index (χ1v) is 30.1. The van der Waals surface area contributed by atoms with Gasteiger partial charge in [0.05, 0.1) is 0 Å². The average Bonchev–Trinajstić information content (AvgIpc) is 3.34. The Morgan fingerprint density at radius 2 is 1.24 bits per heavy atom. The molecular weight excluding hydrogens is 562 g/mol. The van der Waals surface area contributed by atoms with Crippen LogP contribution in [0.2, 0.25) is 12.0 Å². The summed E-state index contributed by atoms with van der Waals surface area (Å²) in [5.74, 6) is 0. The molecule has 0 N–H and O–H groups in total. The van der Waals surface area contributed by atoms with E-state index >= 15 is 0 Å². The van der Waals surface area contributed by atoms with Crippen LogP contribution in [0.1, 0.15) is 56.9 Å². The zero-order chi connectivity index (χ0) is 20.2. The van der Waals surface area contributed by atoms with Crippen molar-refractivity contribution in [3.8, 4) is 0 Å². The number of halogens is 2. The van der Waals surface area contributed by atoms with Gasteiger partial charge in [0.2, 0.25) is 0 Å². The number of hydrogen-bond donors (Lipinski definition) is 0.